The maximum absolute atomic E-state index is 9.00. The Morgan fingerprint density at radius 3 is 2.38 bits per heavy atom. The summed E-state index contributed by atoms with van der Waals surface area (Å²) in [6, 6.07) is 16.9. The second-order valence-electron chi connectivity index (χ2n) is 8.23. The molecule has 0 aliphatic carbocycles. The Bertz CT molecular complexity index is 1440. The number of anilines is 4. The third-order valence-electron chi connectivity index (χ3n) is 4.97. The molecular formula is C26H28N6O4S. The first-order chi connectivity index (χ1) is 17.5. The molecule has 5 N–H and O–H groups in total. The van der Waals surface area contributed by atoms with Crippen molar-refractivity contribution in [3.63, 3.8) is 0 Å². The maximum Gasteiger partial charge on any atom is 0.300 e. The average Bonchev–Trinajstić information content (AvgIpc) is 3.41. The molecule has 1 aliphatic heterocycles. The van der Waals surface area contributed by atoms with Gasteiger partial charge in [0.05, 0.1) is 17.1 Å². The summed E-state index contributed by atoms with van der Waals surface area (Å²) in [5.41, 5.74) is 11.3. The van der Waals surface area contributed by atoms with Gasteiger partial charge in [-0.2, -0.15) is 4.98 Å². The Labute approximate surface area is 218 Å². The summed E-state index contributed by atoms with van der Waals surface area (Å²) >= 11 is 1.78. The number of rotatable bonds is 4. The van der Waals surface area contributed by atoms with Gasteiger partial charge in [0, 0.05) is 55.8 Å². The van der Waals surface area contributed by atoms with Crippen molar-refractivity contribution >= 4 is 62.2 Å². The number of nitrogen functional groups attached to an aromatic ring is 1. The molecule has 11 heteroatoms. The van der Waals surface area contributed by atoms with Crippen LogP contribution in [0, 0.1) is 0 Å². The first kappa shape index (κ1) is 27.1. The summed E-state index contributed by atoms with van der Waals surface area (Å²) in [4.78, 5) is 34.3. The number of hydrogen-bond acceptors (Lipinski definition) is 9. The van der Waals surface area contributed by atoms with Crippen LogP contribution in [0.3, 0.4) is 0 Å². The van der Waals surface area contributed by atoms with Gasteiger partial charge in [-0.1, -0.05) is 6.07 Å². The van der Waals surface area contributed by atoms with E-state index in [1.54, 1.807) is 23.6 Å². The molecule has 0 radical (unpaired) electrons. The van der Waals surface area contributed by atoms with Crippen LogP contribution in [-0.4, -0.2) is 51.9 Å². The molecule has 3 heterocycles. The zero-order chi connectivity index (χ0) is 27.1. The van der Waals surface area contributed by atoms with E-state index in [4.69, 9.17) is 30.5 Å². The fourth-order valence-electron chi connectivity index (χ4n) is 3.49. The highest BCUT2D eigenvalue weighted by atomic mass is 32.1. The Morgan fingerprint density at radius 2 is 1.73 bits per heavy atom. The number of nitrogens with two attached hydrogens (primary N) is 1. The van der Waals surface area contributed by atoms with Gasteiger partial charge in [0.25, 0.3) is 11.9 Å². The number of carbonyl (C=O) groups is 2. The van der Waals surface area contributed by atoms with Crippen molar-refractivity contribution in [2.75, 3.05) is 30.0 Å². The van der Waals surface area contributed by atoms with Crippen molar-refractivity contribution in [3.8, 4) is 0 Å². The quantitative estimate of drug-likeness (QED) is 0.302. The SMILES string of the molecule is CC(=O)O.CC(=O)O.CN(C)c1ccc2sc(C3=NCc4ccc(Nc5ccnc(N)n5)cc43)cc2c1. The molecule has 2 aromatic heterocycles. The summed E-state index contributed by atoms with van der Waals surface area (Å²) in [6.07, 6.45) is 1.64. The highest BCUT2D eigenvalue weighted by Gasteiger charge is 2.20. The Morgan fingerprint density at radius 1 is 1.03 bits per heavy atom. The predicted molar refractivity (Wildman–Crippen MR) is 148 cm³/mol. The van der Waals surface area contributed by atoms with Crippen molar-refractivity contribution in [2.45, 2.75) is 20.4 Å². The minimum absolute atomic E-state index is 0.251. The van der Waals surface area contributed by atoms with Gasteiger partial charge >= 0.3 is 0 Å². The lowest BCUT2D eigenvalue weighted by Crippen LogP contribution is -2.07. The van der Waals surface area contributed by atoms with Crippen LogP contribution in [0.4, 0.5) is 23.1 Å². The summed E-state index contributed by atoms with van der Waals surface area (Å²) in [5, 5.41) is 19.4. The van der Waals surface area contributed by atoms with Gasteiger partial charge in [0.15, 0.2) is 0 Å². The number of nitrogens with zero attached hydrogens (tertiary/aromatic N) is 4. The van der Waals surface area contributed by atoms with E-state index >= 15 is 0 Å². The van der Waals surface area contributed by atoms with E-state index in [1.165, 1.54) is 26.2 Å². The number of aliphatic imine (C=N–C) groups is 1. The minimum Gasteiger partial charge on any atom is -0.481 e. The third kappa shape index (κ3) is 7.48. The second-order valence-corrected chi connectivity index (χ2v) is 9.31. The zero-order valence-corrected chi connectivity index (χ0v) is 21.7. The number of carboxylic acid groups (broad SMARTS) is 2. The van der Waals surface area contributed by atoms with Gasteiger partial charge in [-0.25, -0.2) is 4.98 Å². The topological polar surface area (TPSA) is 154 Å². The molecule has 0 fully saturated rings. The van der Waals surface area contributed by atoms with E-state index in [9.17, 15) is 0 Å². The molecule has 0 unspecified atom stereocenters. The molecular weight excluding hydrogens is 492 g/mol. The predicted octanol–water partition coefficient (Wildman–Crippen LogP) is 4.62. The second kappa shape index (κ2) is 12.0. The standard InChI is InChI=1S/C22H20N6S.2C2H4O2/c1-28(2)16-5-6-18-14(9-16)10-19(29-18)21-17-11-15(4-3-13(17)12-25-21)26-20-7-8-24-22(23)27-20;2*1-2(3)4/h3-11H,12H2,1-2H3,(H3,23,24,26,27);2*1H3,(H,3,4). The smallest absolute Gasteiger partial charge is 0.300 e. The van der Waals surface area contributed by atoms with Gasteiger partial charge in [-0.3, -0.25) is 14.6 Å². The zero-order valence-electron chi connectivity index (χ0n) is 20.9. The van der Waals surface area contributed by atoms with Crippen molar-refractivity contribution < 1.29 is 19.8 Å². The summed E-state index contributed by atoms with van der Waals surface area (Å²) in [6.45, 7) is 2.88. The van der Waals surface area contributed by atoms with Crippen LogP contribution in [0.2, 0.25) is 0 Å². The monoisotopic (exact) mass is 520 g/mol. The van der Waals surface area contributed by atoms with Crippen LogP contribution in [0.1, 0.15) is 29.9 Å². The van der Waals surface area contributed by atoms with Crippen LogP contribution in [0.25, 0.3) is 10.1 Å². The molecule has 2 aromatic carbocycles. The molecule has 192 valence electrons. The van der Waals surface area contributed by atoms with E-state index in [2.05, 4.69) is 70.7 Å². The van der Waals surface area contributed by atoms with E-state index < -0.39 is 11.9 Å². The van der Waals surface area contributed by atoms with Crippen LogP contribution >= 0.6 is 11.3 Å². The van der Waals surface area contributed by atoms with Crippen molar-refractivity contribution in [3.05, 3.63) is 70.7 Å². The number of aliphatic carboxylic acids is 2. The molecule has 0 spiro atoms. The van der Waals surface area contributed by atoms with Crippen LogP contribution in [0.5, 0.6) is 0 Å². The Balaban J connectivity index is 0.000000420. The highest BCUT2D eigenvalue weighted by molar-refractivity contribution is 7.21. The Kier molecular flexibility index (Phi) is 8.75. The van der Waals surface area contributed by atoms with Crippen molar-refractivity contribution in [2.24, 2.45) is 4.99 Å². The van der Waals surface area contributed by atoms with E-state index in [0.717, 1.165) is 30.8 Å². The van der Waals surface area contributed by atoms with Crippen LogP contribution < -0.4 is 16.0 Å². The highest BCUT2D eigenvalue weighted by Crippen LogP contribution is 2.34. The normalized spacial score (nSPS) is 11.3. The third-order valence-corrected chi connectivity index (χ3v) is 6.09. The van der Waals surface area contributed by atoms with Gasteiger partial charge in [-0.05, 0) is 53.4 Å². The number of fused-ring (bicyclic) bond motifs is 2. The fraction of sp³-hybridized carbons (Fsp3) is 0.192. The number of nitrogens with one attached hydrogen (secondary N) is 1. The lowest BCUT2D eigenvalue weighted by Gasteiger charge is -2.11. The molecule has 1 aliphatic rings. The molecule has 0 bridgehead atoms. The van der Waals surface area contributed by atoms with Gasteiger partial charge in [0.1, 0.15) is 5.82 Å². The number of carboxylic acids is 2. The number of benzene rings is 2. The lowest BCUT2D eigenvalue weighted by atomic mass is 10.0. The molecule has 4 aromatic rings. The van der Waals surface area contributed by atoms with Gasteiger partial charge < -0.3 is 26.2 Å². The van der Waals surface area contributed by atoms with E-state index in [-0.39, 0.29) is 5.95 Å². The molecule has 0 saturated heterocycles. The molecule has 0 atom stereocenters. The molecule has 0 amide bonds. The maximum atomic E-state index is 9.00. The minimum atomic E-state index is -0.833. The number of thiophene rings is 1. The Hall–Kier alpha value is -4.51. The van der Waals surface area contributed by atoms with E-state index in [1.807, 2.05) is 6.07 Å². The summed E-state index contributed by atoms with van der Waals surface area (Å²) < 4.78 is 1.27. The number of hydrogen-bond donors (Lipinski definition) is 4. The fourth-order valence-corrected chi connectivity index (χ4v) is 4.56. The molecule has 5 rings (SSSR count). The van der Waals surface area contributed by atoms with Gasteiger partial charge in [-0.15, -0.1) is 11.3 Å². The first-order valence-corrected chi connectivity index (χ1v) is 12.0. The molecule has 0 saturated carbocycles. The van der Waals surface area contributed by atoms with Crippen LogP contribution in [0.15, 0.2) is 59.7 Å². The molecule has 37 heavy (non-hydrogen) atoms. The summed E-state index contributed by atoms with van der Waals surface area (Å²) in [5.74, 6) is -0.743. The molecule has 10 nitrogen and oxygen atoms in total. The lowest BCUT2D eigenvalue weighted by molar-refractivity contribution is -0.135. The summed E-state index contributed by atoms with van der Waals surface area (Å²) in [7, 11) is 4.12. The van der Waals surface area contributed by atoms with Crippen LogP contribution in [-0.2, 0) is 16.1 Å². The van der Waals surface area contributed by atoms with Gasteiger partial charge in [0.2, 0.25) is 5.95 Å². The van der Waals surface area contributed by atoms with Crippen molar-refractivity contribution in [1.82, 2.24) is 9.97 Å². The van der Waals surface area contributed by atoms with Crippen molar-refractivity contribution in [1.29, 1.82) is 0 Å². The largest absolute Gasteiger partial charge is 0.481 e. The first-order valence-electron chi connectivity index (χ1n) is 11.2. The average molecular weight is 521 g/mol. The van der Waals surface area contributed by atoms with E-state index in [0.29, 0.717) is 12.4 Å². The number of aromatic nitrogens is 2.